The fourth-order valence-electron chi connectivity index (χ4n) is 3.58. The van der Waals surface area contributed by atoms with Crippen molar-refractivity contribution in [2.45, 2.75) is 40.7 Å². The van der Waals surface area contributed by atoms with E-state index in [0.29, 0.717) is 16.3 Å². The molecular weight excluding hydrogens is 429 g/mol. The molecule has 4 nitrogen and oxygen atoms in total. The molecule has 3 atom stereocenters. The van der Waals surface area contributed by atoms with Gasteiger partial charge in [0.2, 0.25) is 6.10 Å². The number of halogens is 2. The molecule has 0 saturated heterocycles. The van der Waals surface area contributed by atoms with Crippen molar-refractivity contribution < 1.29 is 18.7 Å². The minimum atomic E-state index is -1.18. The lowest BCUT2D eigenvalue weighted by molar-refractivity contribution is -0.149. The average molecular weight is 456 g/mol. The number of nitriles is 1. The third kappa shape index (κ3) is 5.14. The molecule has 1 fully saturated rings. The number of hydrogen-bond donors (Lipinski definition) is 0. The standard InChI is InChI=1S/C26H27ClFNO3/c1-25(2,3)22(27)14-18-23(26(18,4)5)24(30)32-21(15-29)16-11-12-19(28)20(13-16)31-17-9-7-6-8-10-17/h6-14,18,21,23H,1-5H3. The summed E-state index contributed by atoms with van der Waals surface area (Å²) in [6, 6.07) is 14.7. The molecule has 1 saturated carbocycles. The Morgan fingerprint density at radius 3 is 2.47 bits per heavy atom. The Kier molecular flexibility index (Phi) is 6.67. The first-order chi connectivity index (χ1) is 14.9. The van der Waals surface area contributed by atoms with Crippen LogP contribution in [0.15, 0.2) is 59.6 Å². The molecular formula is C26H27ClFNO3. The van der Waals surface area contributed by atoms with Gasteiger partial charge in [-0.05, 0) is 41.0 Å². The first kappa shape index (κ1) is 23.8. The van der Waals surface area contributed by atoms with Gasteiger partial charge in [-0.2, -0.15) is 5.26 Å². The normalized spacial score (nSPS) is 20.8. The van der Waals surface area contributed by atoms with E-state index in [0.717, 1.165) is 0 Å². The van der Waals surface area contributed by atoms with Crippen LogP contribution in [0.4, 0.5) is 4.39 Å². The Hall–Kier alpha value is -2.84. The summed E-state index contributed by atoms with van der Waals surface area (Å²) in [6.07, 6.45) is 0.735. The van der Waals surface area contributed by atoms with Crippen molar-refractivity contribution in [3.05, 3.63) is 71.0 Å². The van der Waals surface area contributed by atoms with Gasteiger partial charge in [-0.1, -0.05) is 76.6 Å². The molecule has 1 aliphatic carbocycles. The number of benzene rings is 2. The Balaban J connectivity index is 1.76. The lowest BCUT2D eigenvalue weighted by Gasteiger charge is -2.17. The molecule has 0 heterocycles. The van der Waals surface area contributed by atoms with E-state index in [1.165, 1.54) is 18.2 Å². The molecule has 0 radical (unpaired) electrons. The lowest BCUT2D eigenvalue weighted by Crippen LogP contribution is -2.14. The molecule has 3 rings (SSSR count). The zero-order valence-corrected chi connectivity index (χ0v) is 19.6. The van der Waals surface area contributed by atoms with Crippen molar-refractivity contribution >= 4 is 17.6 Å². The maximum absolute atomic E-state index is 14.3. The summed E-state index contributed by atoms with van der Waals surface area (Å²) in [5.74, 6) is -1.13. The van der Waals surface area contributed by atoms with Crippen LogP contribution in [-0.4, -0.2) is 5.97 Å². The molecule has 168 valence electrons. The Labute approximate surface area is 193 Å². The van der Waals surface area contributed by atoms with Crippen LogP contribution in [0.25, 0.3) is 0 Å². The predicted octanol–water partition coefficient (Wildman–Crippen LogP) is 7.17. The molecule has 2 aromatic rings. The van der Waals surface area contributed by atoms with Crippen molar-refractivity contribution in [1.29, 1.82) is 5.26 Å². The van der Waals surface area contributed by atoms with Gasteiger partial charge in [0.05, 0.1) is 5.92 Å². The van der Waals surface area contributed by atoms with Gasteiger partial charge in [0.15, 0.2) is 11.6 Å². The van der Waals surface area contributed by atoms with Crippen molar-refractivity contribution in [2.75, 3.05) is 0 Å². The molecule has 6 heteroatoms. The number of hydrogen-bond acceptors (Lipinski definition) is 4. The summed E-state index contributed by atoms with van der Waals surface area (Å²) < 4.78 is 25.4. The van der Waals surface area contributed by atoms with Gasteiger partial charge >= 0.3 is 5.97 Å². The Bertz CT molecular complexity index is 1070. The Morgan fingerprint density at radius 1 is 1.22 bits per heavy atom. The van der Waals surface area contributed by atoms with Crippen LogP contribution in [-0.2, 0) is 9.53 Å². The van der Waals surface area contributed by atoms with E-state index < -0.39 is 23.8 Å². The largest absolute Gasteiger partial charge is 0.454 e. The topological polar surface area (TPSA) is 59.3 Å². The van der Waals surface area contributed by atoms with E-state index >= 15 is 0 Å². The highest BCUT2D eigenvalue weighted by molar-refractivity contribution is 6.30. The van der Waals surface area contributed by atoms with Crippen LogP contribution in [0.3, 0.4) is 0 Å². The van der Waals surface area contributed by atoms with Crippen molar-refractivity contribution in [2.24, 2.45) is 22.7 Å². The smallest absolute Gasteiger partial charge is 0.311 e. The first-order valence-corrected chi connectivity index (χ1v) is 10.8. The zero-order chi connectivity index (χ0) is 23.7. The third-order valence-electron chi connectivity index (χ3n) is 5.79. The highest BCUT2D eigenvalue weighted by Crippen LogP contribution is 2.60. The van der Waals surface area contributed by atoms with Crippen LogP contribution >= 0.6 is 11.6 Å². The minimum absolute atomic E-state index is 0.0467. The van der Waals surface area contributed by atoms with Gasteiger partial charge in [-0.15, -0.1) is 0 Å². The number of rotatable bonds is 6. The lowest BCUT2D eigenvalue weighted by atomic mass is 9.94. The summed E-state index contributed by atoms with van der Waals surface area (Å²) in [7, 11) is 0. The molecule has 0 amide bonds. The fourth-order valence-corrected chi connectivity index (χ4v) is 3.72. The summed E-state index contributed by atoms with van der Waals surface area (Å²) >= 11 is 6.42. The van der Waals surface area contributed by atoms with Crippen molar-refractivity contribution in [3.63, 3.8) is 0 Å². The number of esters is 1. The van der Waals surface area contributed by atoms with Crippen LogP contribution < -0.4 is 4.74 Å². The number of ether oxygens (including phenoxy) is 2. The third-order valence-corrected chi connectivity index (χ3v) is 6.48. The van der Waals surface area contributed by atoms with Gasteiger partial charge < -0.3 is 9.47 Å². The van der Waals surface area contributed by atoms with Crippen LogP contribution in [0.1, 0.15) is 46.3 Å². The van der Waals surface area contributed by atoms with Gasteiger partial charge in [-0.3, -0.25) is 4.79 Å². The van der Waals surface area contributed by atoms with Crippen LogP contribution in [0.2, 0.25) is 0 Å². The summed E-state index contributed by atoms with van der Waals surface area (Å²) in [6.45, 7) is 9.95. The minimum Gasteiger partial charge on any atom is -0.454 e. The van der Waals surface area contributed by atoms with E-state index in [9.17, 15) is 14.4 Å². The quantitative estimate of drug-likeness (QED) is 0.433. The van der Waals surface area contributed by atoms with Gasteiger partial charge in [0.1, 0.15) is 11.8 Å². The number of nitrogens with zero attached hydrogens (tertiary/aromatic N) is 1. The van der Waals surface area contributed by atoms with Crippen molar-refractivity contribution in [3.8, 4) is 17.6 Å². The number of carbonyl (C=O) groups is 1. The van der Waals surface area contributed by atoms with Gasteiger partial charge in [0.25, 0.3) is 0 Å². The second kappa shape index (κ2) is 8.96. The van der Waals surface area contributed by atoms with Gasteiger partial charge in [0, 0.05) is 10.6 Å². The molecule has 3 unspecified atom stereocenters. The molecule has 0 bridgehead atoms. The molecule has 1 aliphatic rings. The van der Waals surface area contributed by atoms with E-state index in [2.05, 4.69) is 0 Å². The predicted molar refractivity (Wildman–Crippen MR) is 122 cm³/mol. The van der Waals surface area contributed by atoms with Crippen molar-refractivity contribution in [1.82, 2.24) is 0 Å². The SMILES string of the molecule is CC(C)(C)C(Cl)=CC1C(C(=O)OC(C#N)c2ccc(F)c(Oc3ccccc3)c2)C1(C)C. The van der Waals surface area contributed by atoms with E-state index in [1.54, 1.807) is 24.3 Å². The summed E-state index contributed by atoms with van der Waals surface area (Å²) in [5, 5.41) is 10.3. The van der Waals surface area contributed by atoms with Crippen LogP contribution in [0, 0.1) is 39.8 Å². The van der Waals surface area contributed by atoms with E-state index in [-0.39, 0.29) is 22.5 Å². The first-order valence-electron chi connectivity index (χ1n) is 10.5. The molecule has 0 spiro atoms. The molecule has 0 aromatic heterocycles. The maximum atomic E-state index is 14.3. The highest BCUT2D eigenvalue weighted by Gasteiger charge is 2.62. The monoisotopic (exact) mass is 455 g/mol. The molecule has 2 aromatic carbocycles. The van der Waals surface area contributed by atoms with Gasteiger partial charge in [-0.25, -0.2) is 4.39 Å². The summed E-state index contributed by atoms with van der Waals surface area (Å²) in [5.41, 5.74) is -0.202. The zero-order valence-electron chi connectivity index (χ0n) is 18.9. The Morgan fingerprint density at radius 2 is 1.88 bits per heavy atom. The average Bonchev–Trinajstić information content (AvgIpc) is 3.27. The number of carbonyl (C=O) groups excluding carboxylic acids is 1. The summed E-state index contributed by atoms with van der Waals surface area (Å²) in [4.78, 5) is 12.9. The maximum Gasteiger partial charge on any atom is 0.311 e. The van der Waals surface area contributed by atoms with E-state index in [4.69, 9.17) is 21.1 Å². The highest BCUT2D eigenvalue weighted by atomic mass is 35.5. The van der Waals surface area contributed by atoms with Crippen LogP contribution in [0.5, 0.6) is 11.5 Å². The molecule has 0 aliphatic heterocycles. The van der Waals surface area contributed by atoms with E-state index in [1.807, 2.05) is 52.8 Å². The number of allylic oxidation sites excluding steroid dienone is 2. The fraction of sp³-hybridized carbons (Fsp3) is 0.385. The molecule has 0 N–H and O–H groups in total. The number of para-hydroxylation sites is 1. The second-order valence-corrected chi connectivity index (χ2v) is 10.0. The second-order valence-electron chi connectivity index (χ2n) is 9.64. The molecule has 32 heavy (non-hydrogen) atoms.